The van der Waals surface area contributed by atoms with Crippen molar-refractivity contribution in [2.75, 3.05) is 6.61 Å². The highest BCUT2D eigenvalue weighted by Gasteiger charge is 1.97. The van der Waals surface area contributed by atoms with Crippen LogP contribution in [0.15, 0.2) is 27.1 Å². The van der Waals surface area contributed by atoms with Crippen molar-refractivity contribution >= 4 is 31.9 Å². The molecule has 0 amide bonds. The molecule has 65 valence electrons. The quantitative estimate of drug-likeness (QED) is 0.828. The van der Waals surface area contributed by atoms with E-state index in [1.165, 1.54) is 0 Å². The Bertz CT molecular complexity index is 261. The van der Waals surface area contributed by atoms with Gasteiger partial charge in [-0.3, -0.25) is 0 Å². The van der Waals surface area contributed by atoms with E-state index in [2.05, 4.69) is 38.8 Å². The highest BCUT2D eigenvalue weighted by Crippen LogP contribution is 2.23. The van der Waals surface area contributed by atoms with Crippen molar-refractivity contribution in [3.63, 3.8) is 0 Å². The first-order chi connectivity index (χ1) is 5.74. The summed E-state index contributed by atoms with van der Waals surface area (Å²) in [5.74, 6) is 0. The highest BCUT2D eigenvalue weighted by molar-refractivity contribution is 9.13. The van der Waals surface area contributed by atoms with Crippen molar-refractivity contribution in [2.45, 2.75) is 6.61 Å². The largest absolute Gasteiger partial charge is 0.377 e. The van der Waals surface area contributed by atoms with Crippen LogP contribution in [0.1, 0.15) is 5.56 Å². The Morgan fingerprint density at radius 1 is 1.25 bits per heavy atom. The van der Waals surface area contributed by atoms with Gasteiger partial charge in [0.2, 0.25) is 0 Å². The molecule has 0 heterocycles. The van der Waals surface area contributed by atoms with E-state index in [1.807, 2.05) is 18.2 Å². The van der Waals surface area contributed by atoms with Crippen LogP contribution < -0.4 is 0 Å². The summed E-state index contributed by atoms with van der Waals surface area (Å²) < 4.78 is 7.27. The molecule has 3 heteroatoms. The van der Waals surface area contributed by atoms with Crippen molar-refractivity contribution in [3.8, 4) is 0 Å². The Kier molecular flexibility index (Phi) is 4.26. The second-order valence-electron chi connectivity index (χ2n) is 2.30. The van der Waals surface area contributed by atoms with Crippen LogP contribution in [0.3, 0.4) is 0 Å². The van der Waals surface area contributed by atoms with Gasteiger partial charge in [0.25, 0.3) is 0 Å². The molecule has 0 aliphatic heterocycles. The van der Waals surface area contributed by atoms with Gasteiger partial charge in [-0.1, -0.05) is 6.07 Å². The van der Waals surface area contributed by atoms with Gasteiger partial charge in [-0.25, -0.2) is 0 Å². The third kappa shape index (κ3) is 2.88. The summed E-state index contributed by atoms with van der Waals surface area (Å²) >= 11 is 6.82. The molecule has 0 saturated heterocycles. The SMILES string of the molecule is [CH2]COCc1ccc(Br)c(Br)c1. The molecule has 1 aromatic rings. The molecule has 1 nitrogen and oxygen atoms in total. The lowest BCUT2D eigenvalue weighted by Crippen LogP contribution is -1.91. The third-order valence-corrected chi connectivity index (χ3v) is 3.28. The molecule has 12 heavy (non-hydrogen) atoms. The van der Waals surface area contributed by atoms with Gasteiger partial charge in [0, 0.05) is 15.6 Å². The van der Waals surface area contributed by atoms with Crippen molar-refractivity contribution in [1.29, 1.82) is 0 Å². The molecule has 0 unspecified atom stereocenters. The van der Waals surface area contributed by atoms with Crippen LogP contribution in [0.25, 0.3) is 0 Å². The van der Waals surface area contributed by atoms with Gasteiger partial charge in [-0.2, -0.15) is 0 Å². The first kappa shape index (κ1) is 10.2. The lowest BCUT2D eigenvalue weighted by atomic mass is 10.2. The monoisotopic (exact) mass is 291 g/mol. The molecule has 0 aromatic heterocycles. The second kappa shape index (κ2) is 5.00. The number of hydrogen-bond donors (Lipinski definition) is 0. The zero-order valence-corrected chi connectivity index (χ0v) is 9.69. The van der Waals surface area contributed by atoms with E-state index in [0.29, 0.717) is 13.2 Å². The Hall–Kier alpha value is 0.140. The Balaban J connectivity index is 2.69. The minimum atomic E-state index is 0.508. The molecular formula is C9H9Br2O. The van der Waals surface area contributed by atoms with Crippen LogP contribution in [-0.4, -0.2) is 6.61 Å². The number of benzene rings is 1. The second-order valence-corrected chi connectivity index (χ2v) is 4.01. The lowest BCUT2D eigenvalue weighted by Gasteiger charge is -2.02. The smallest absolute Gasteiger partial charge is 0.0717 e. The lowest BCUT2D eigenvalue weighted by molar-refractivity contribution is 0.147. The number of hydrogen-bond acceptors (Lipinski definition) is 1. The van der Waals surface area contributed by atoms with Crippen LogP contribution in [0, 0.1) is 6.92 Å². The molecule has 1 rings (SSSR count). The zero-order chi connectivity index (χ0) is 8.97. The van der Waals surface area contributed by atoms with Gasteiger partial charge in [0.1, 0.15) is 0 Å². The summed E-state index contributed by atoms with van der Waals surface area (Å²) in [6, 6.07) is 6.04. The summed E-state index contributed by atoms with van der Waals surface area (Å²) in [6.07, 6.45) is 0. The number of halogens is 2. The first-order valence-corrected chi connectivity index (χ1v) is 5.13. The standard InChI is InChI=1S/C9H9Br2O/c1-2-12-6-7-3-4-8(10)9(11)5-7/h3-5H,1-2,6H2. The minimum absolute atomic E-state index is 0.508. The van der Waals surface area contributed by atoms with Crippen LogP contribution in [0.4, 0.5) is 0 Å². The summed E-state index contributed by atoms with van der Waals surface area (Å²) in [5, 5.41) is 0. The zero-order valence-electron chi connectivity index (χ0n) is 6.52. The maximum Gasteiger partial charge on any atom is 0.0717 e. The van der Waals surface area contributed by atoms with E-state index >= 15 is 0 Å². The summed E-state index contributed by atoms with van der Waals surface area (Å²) in [4.78, 5) is 0. The summed E-state index contributed by atoms with van der Waals surface area (Å²) in [6.45, 7) is 4.73. The summed E-state index contributed by atoms with van der Waals surface area (Å²) in [7, 11) is 0. The van der Waals surface area contributed by atoms with Gasteiger partial charge in [-0.15, -0.1) is 0 Å². The average molecular weight is 293 g/mol. The minimum Gasteiger partial charge on any atom is -0.377 e. The fourth-order valence-electron chi connectivity index (χ4n) is 0.819. The maximum absolute atomic E-state index is 5.17. The maximum atomic E-state index is 5.17. The summed E-state index contributed by atoms with van der Waals surface area (Å²) in [5.41, 5.74) is 1.15. The average Bonchev–Trinajstić information content (AvgIpc) is 2.07. The van der Waals surface area contributed by atoms with Gasteiger partial charge in [0.15, 0.2) is 0 Å². The molecule has 0 aliphatic rings. The normalized spacial score (nSPS) is 10.2. The molecule has 0 spiro atoms. The fraction of sp³-hybridized carbons (Fsp3) is 0.222. The van der Waals surface area contributed by atoms with Crippen LogP contribution >= 0.6 is 31.9 Å². The van der Waals surface area contributed by atoms with Crippen molar-refractivity contribution in [3.05, 3.63) is 39.6 Å². The van der Waals surface area contributed by atoms with Crippen LogP contribution in [0.5, 0.6) is 0 Å². The Morgan fingerprint density at radius 2 is 2.00 bits per heavy atom. The molecule has 0 fully saturated rings. The Labute approximate surface area is 89.4 Å². The number of rotatable bonds is 3. The molecule has 1 radical (unpaired) electrons. The van der Waals surface area contributed by atoms with Gasteiger partial charge < -0.3 is 4.74 Å². The van der Waals surface area contributed by atoms with E-state index in [1.54, 1.807) is 0 Å². The van der Waals surface area contributed by atoms with E-state index < -0.39 is 0 Å². The van der Waals surface area contributed by atoms with Crippen molar-refractivity contribution in [1.82, 2.24) is 0 Å². The van der Waals surface area contributed by atoms with Crippen LogP contribution in [-0.2, 0) is 11.3 Å². The molecule has 1 aromatic carbocycles. The fourth-order valence-corrected chi connectivity index (χ4v) is 1.49. The topological polar surface area (TPSA) is 9.23 Å². The van der Waals surface area contributed by atoms with Gasteiger partial charge in [-0.05, 0) is 56.5 Å². The van der Waals surface area contributed by atoms with E-state index in [4.69, 9.17) is 4.74 Å². The molecule has 0 N–H and O–H groups in total. The molecule has 0 bridgehead atoms. The first-order valence-electron chi connectivity index (χ1n) is 3.55. The molecule has 0 atom stereocenters. The van der Waals surface area contributed by atoms with Crippen LogP contribution in [0.2, 0.25) is 0 Å². The molecular weight excluding hydrogens is 284 g/mol. The van der Waals surface area contributed by atoms with E-state index in [0.717, 1.165) is 14.5 Å². The van der Waals surface area contributed by atoms with Gasteiger partial charge in [0.05, 0.1) is 6.61 Å². The van der Waals surface area contributed by atoms with Crippen molar-refractivity contribution < 1.29 is 4.74 Å². The Morgan fingerprint density at radius 3 is 2.58 bits per heavy atom. The highest BCUT2D eigenvalue weighted by atomic mass is 79.9. The number of ether oxygens (including phenoxy) is 1. The predicted octanol–water partition coefficient (Wildman–Crippen LogP) is 3.56. The molecule has 0 aliphatic carbocycles. The van der Waals surface area contributed by atoms with E-state index in [-0.39, 0.29) is 0 Å². The predicted molar refractivity (Wildman–Crippen MR) is 56.9 cm³/mol. The van der Waals surface area contributed by atoms with Crippen molar-refractivity contribution in [2.24, 2.45) is 0 Å². The van der Waals surface area contributed by atoms with Gasteiger partial charge >= 0.3 is 0 Å². The van der Waals surface area contributed by atoms with E-state index in [9.17, 15) is 0 Å². The molecule has 0 saturated carbocycles. The third-order valence-electron chi connectivity index (χ3n) is 1.40.